The first kappa shape index (κ1) is 26.4. The second-order valence-electron chi connectivity index (χ2n) is 9.24. The zero-order valence-corrected chi connectivity index (χ0v) is 21.9. The fourth-order valence-corrected chi connectivity index (χ4v) is 3.53. The number of rotatable bonds is 4. The Morgan fingerprint density at radius 2 is 0.972 bits per heavy atom. The largest absolute Gasteiger partial charge is 0.322 e. The Morgan fingerprint density at radius 3 is 1.44 bits per heavy atom. The maximum Gasteiger partial charge on any atom is 0.255 e. The number of anilines is 2. The number of hydrogen-bond donors (Lipinski definition) is 2. The summed E-state index contributed by atoms with van der Waals surface area (Å²) in [5.74, 6) is -0.134. The van der Waals surface area contributed by atoms with Crippen molar-refractivity contribution in [1.29, 1.82) is 0 Å². The number of hydrogen-bond acceptors (Lipinski definition) is 2. The lowest BCUT2D eigenvalue weighted by Gasteiger charge is -2.07. The maximum absolute atomic E-state index is 12.1. The highest BCUT2D eigenvalue weighted by Crippen LogP contribution is 2.15. The van der Waals surface area contributed by atoms with Gasteiger partial charge >= 0.3 is 0 Å². The first-order valence-corrected chi connectivity index (χ1v) is 12.0. The number of carbonyl (C=O) groups is 2. The molecule has 0 aromatic heterocycles. The van der Waals surface area contributed by atoms with E-state index in [2.05, 4.69) is 10.6 Å². The van der Waals surface area contributed by atoms with Crippen molar-refractivity contribution in [2.45, 2.75) is 41.5 Å². The van der Waals surface area contributed by atoms with Crippen LogP contribution >= 0.6 is 0 Å². The molecule has 0 saturated carbocycles. The number of amides is 2. The summed E-state index contributed by atoms with van der Waals surface area (Å²) in [6.45, 7) is 12.1. The van der Waals surface area contributed by atoms with Gasteiger partial charge in [0.05, 0.1) is 0 Å². The van der Waals surface area contributed by atoms with Crippen LogP contribution in [0.15, 0.2) is 84.9 Å². The first-order valence-electron chi connectivity index (χ1n) is 12.0. The van der Waals surface area contributed by atoms with Gasteiger partial charge in [0, 0.05) is 22.5 Å². The number of aryl methyl sites for hydroxylation is 6. The van der Waals surface area contributed by atoms with Crippen molar-refractivity contribution in [3.63, 3.8) is 0 Å². The third-order valence-corrected chi connectivity index (χ3v) is 6.12. The van der Waals surface area contributed by atoms with E-state index in [0.29, 0.717) is 11.1 Å². The highest BCUT2D eigenvalue weighted by Gasteiger charge is 2.08. The molecule has 0 aliphatic rings. The lowest BCUT2D eigenvalue weighted by atomic mass is 10.1. The molecule has 0 heterocycles. The average Bonchev–Trinajstić information content (AvgIpc) is 2.84. The van der Waals surface area contributed by atoms with Crippen LogP contribution in [0.3, 0.4) is 0 Å². The van der Waals surface area contributed by atoms with E-state index < -0.39 is 0 Å². The van der Waals surface area contributed by atoms with E-state index >= 15 is 0 Å². The van der Waals surface area contributed by atoms with Crippen LogP contribution in [0, 0.1) is 41.5 Å². The molecule has 0 spiro atoms. The third kappa shape index (κ3) is 7.41. The van der Waals surface area contributed by atoms with Gasteiger partial charge in [-0.15, -0.1) is 0 Å². The van der Waals surface area contributed by atoms with Crippen molar-refractivity contribution < 1.29 is 9.59 Å². The molecule has 4 rings (SSSR count). The molecule has 4 heteroatoms. The predicted octanol–water partition coefficient (Wildman–Crippen LogP) is 7.73. The van der Waals surface area contributed by atoms with Crippen molar-refractivity contribution in [2.24, 2.45) is 0 Å². The average molecular weight is 479 g/mol. The summed E-state index contributed by atoms with van der Waals surface area (Å²) >= 11 is 0. The van der Waals surface area contributed by atoms with Gasteiger partial charge in [0.25, 0.3) is 11.8 Å². The van der Waals surface area contributed by atoms with E-state index in [4.69, 9.17) is 0 Å². The third-order valence-electron chi connectivity index (χ3n) is 6.12. The van der Waals surface area contributed by atoms with Gasteiger partial charge in [-0.1, -0.05) is 42.0 Å². The van der Waals surface area contributed by atoms with Gasteiger partial charge in [0.2, 0.25) is 0 Å². The van der Waals surface area contributed by atoms with Crippen LogP contribution in [0.1, 0.15) is 54.1 Å². The Kier molecular flexibility index (Phi) is 8.80. The molecule has 0 aliphatic heterocycles. The monoisotopic (exact) mass is 478 g/mol. The molecule has 36 heavy (non-hydrogen) atoms. The van der Waals surface area contributed by atoms with Crippen molar-refractivity contribution in [2.75, 3.05) is 10.6 Å². The lowest BCUT2D eigenvalue weighted by Crippen LogP contribution is -2.12. The Balaban J connectivity index is 0.000000201. The smallest absolute Gasteiger partial charge is 0.255 e. The van der Waals surface area contributed by atoms with E-state index in [1.54, 1.807) is 0 Å². The highest BCUT2D eigenvalue weighted by atomic mass is 16.2. The molecule has 0 fully saturated rings. The fraction of sp³-hybridized carbons (Fsp3) is 0.188. The molecular weight excluding hydrogens is 444 g/mol. The van der Waals surface area contributed by atoms with Gasteiger partial charge in [-0.25, -0.2) is 0 Å². The summed E-state index contributed by atoms with van der Waals surface area (Å²) in [5, 5.41) is 5.80. The summed E-state index contributed by atoms with van der Waals surface area (Å²) < 4.78 is 0. The van der Waals surface area contributed by atoms with Gasteiger partial charge in [0.15, 0.2) is 0 Å². The van der Waals surface area contributed by atoms with Gasteiger partial charge in [-0.3, -0.25) is 9.59 Å². The zero-order valence-electron chi connectivity index (χ0n) is 21.9. The van der Waals surface area contributed by atoms with Crippen LogP contribution < -0.4 is 10.6 Å². The van der Waals surface area contributed by atoms with E-state index in [1.165, 1.54) is 16.7 Å². The molecular formula is C32H34N2O2. The molecule has 4 aromatic rings. The van der Waals surface area contributed by atoms with Gasteiger partial charge < -0.3 is 10.6 Å². The van der Waals surface area contributed by atoms with Crippen LogP contribution in [0.5, 0.6) is 0 Å². The Bertz CT molecular complexity index is 1370. The van der Waals surface area contributed by atoms with Crippen LogP contribution in [-0.4, -0.2) is 11.8 Å². The van der Waals surface area contributed by atoms with Crippen LogP contribution in [-0.2, 0) is 0 Å². The molecule has 0 radical (unpaired) electrons. The topological polar surface area (TPSA) is 58.2 Å². The summed E-state index contributed by atoms with van der Waals surface area (Å²) in [6.07, 6.45) is 0. The standard InChI is InChI=1S/2C16H17NO/c1-11-4-8-15(9-5-11)17-16(18)14-7-6-12(2)13(3)10-14;1-11-5-4-6-15(9-11)17-16(18)14-8-7-12(2)13(3)10-14/h2*4-10H,1-3H3,(H,17,18). The second kappa shape index (κ2) is 12.0. The Morgan fingerprint density at radius 1 is 0.472 bits per heavy atom. The molecule has 2 N–H and O–H groups in total. The molecule has 4 nitrogen and oxygen atoms in total. The fourth-order valence-electron chi connectivity index (χ4n) is 3.53. The van der Waals surface area contributed by atoms with Crippen LogP contribution in [0.2, 0.25) is 0 Å². The lowest BCUT2D eigenvalue weighted by molar-refractivity contribution is 0.101. The first-order chi connectivity index (χ1) is 17.1. The molecule has 0 unspecified atom stereocenters. The predicted molar refractivity (Wildman–Crippen MR) is 150 cm³/mol. The summed E-state index contributed by atoms with van der Waals surface area (Å²) in [6, 6.07) is 27.1. The van der Waals surface area contributed by atoms with E-state index in [1.807, 2.05) is 126 Å². The number of nitrogens with one attached hydrogen (secondary N) is 2. The quantitative estimate of drug-likeness (QED) is 0.315. The zero-order chi connectivity index (χ0) is 26.2. The maximum atomic E-state index is 12.1. The van der Waals surface area contributed by atoms with Crippen LogP contribution in [0.25, 0.3) is 0 Å². The molecule has 0 atom stereocenters. The van der Waals surface area contributed by atoms with E-state index in [-0.39, 0.29) is 11.8 Å². The minimum absolute atomic E-state index is 0.0660. The van der Waals surface area contributed by atoms with Crippen molar-refractivity contribution in [3.8, 4) is 0 Å². The summed E-state index contributed by atoms with van der Waals surface area (Å²) in [7, 11) is 0. The van der Waals surface area contributed by atoms with Gasteiger partial charge in [-0.2, -0.15) is 0 Å². The molecule has 0 bridgehead atoms. The van der Waals surface area contributed by atoms with E-state index in [0.717, 1.165) is 28.1 Å². The molecule has 0 aliphatic carbocycles. The molecule has 2 amide bonds. The van der Waals surface area contributed by atoms with Crippen molar-refractivity contribution in [3.05, 3.63) is 129 Å². The van der Waals surface area contributed by atoms with Crippen LogP contribution in [0.4, 0.5) is 11.4 Å². The molecule has 4 aromatic carbocycles. The summed E-state index contributed by atoms with van der Waals surface area (Å²) in [5.41, 5.74) is 10.0. The Labute approximate surface area is 214 Å². The Hall–Kier alpha value is -4.18. The number of benzene rings is 4. The SMILES string of the molecule is Cc1ccc(NC(=O)c2ccc(C)c(C)c2)cc1.Cc1cccc(NC(=O)c2ccc(C)c(C)c2)c1. The van der Waals surface area contributed by atoms with E-state index in [9.17, 15) is 9.59 Å². The van der Waals surface area contributed by atoms with Gasteiger partial charge in [-0.05, 0) is 118 Å². The minimum Gasteiger partial charge on any atom is -0.322 e. The van der Waals surface area contributed by atoms with Crippen molar-refractivity contribution >= 4 is 23.2 Å². The summed E-state index contributed by atoms with van der Waals surface area (Å²) in [4.78, 5) is 24.1. The van der Waals surface area contributed by atoms with Gasteiger partial charge in [0.1, 0.15) is 0 Å². The minimum atomic E-state index is -0.0676. The second-order valence-corrected chi connectivity index (χ2v) is 9.24. The molecule has 184 valence electrons. The normalized spacial score (nSPS) is 10.2. The highest BCUT2D eigenvalue weighted by molar-refractivity contribution is 6.05. The van der Waals surface area contributed by atoms with Crippen molar-refractivity contribution in [1.82, 2.24) is 0 Å². The molecule has 0 saturated heterocycles. The number of carbonyl (C=O) groups excluding carboxylic acids is 2.